The lowest BCUT2D eigenvalue weighted by Gasteiger charge is -2.31. The Morgan fingerprint density at radius 2 is 2.08 bits per heavy atom. The van der Waals surface area contributed by atoms with Crippen molar-refractivity contribution in [3.05, 3.63) is 58.0 Å². The van der Waals surface area contributed by atoms with Gasteiger partial charge in [0.15, 0.2) is 5.69 Å². The lowest BCUT2D eigenvalue weighted by atomic mass is 9.97. The molecule has 7 nitrogen and oxygen atoms in total. The standard InChI is InChI=1S/C18H19N5O2/c1-11-9-19-16(20-11)12-5-4-8-23(10-12)18(25)15-13-6-2-3-7-14(13)17(24)22-21-15/h2-3,6-7,9,12H,4-5,8,10H2,1H3,(H,19,20)(H,22,24)/t12-/m1/s1. The van der Waals surface area contributed by atoms with Crippen LogP contribution in [0.3, 0.4) is 0 Å². The molecule has 0 aliphatic carbocycles. The number of aromatic amines is 2. The molecule has 0 unspecified atom stereocenters. The number of benzene rings is 1. The lowest BCUT2D eigenvalue weighted by Crippen LogP contribution is -2.40. The van der Waals surface area contributed by atoms with Crippen LogP contribution >= 0.6 is 0 Å². The van der Waals surface area contributed by atoms with Crippen molar-refractivity contribution in [1.82, 2.24) is 25.1 Å². The van der Waals surface area contributed by atoms with Gasteiger partial charge in [0.05, 0.1) is 5.39 Å². The van der Waals surface area contributed by atoms with Crippen molar-refractivity contribution in [2.45, 2.75) is 25.7 Å². The number of carbonyl (C=O) groups is 1. The Morgan fingerprint density at radius 1 is 1.28 bits per heavy atom. The van der Waals surface area contributed by atoms with E-state index < -0.39 is 0 Å². The minimum absolute atomic E-state index is 0.152. The fourth-order valence-corrected chi connectivity index (χ4v) is 3.45. The Morgan fingerprint density at radius 3 is 2.84 bits per heavy atom. The number of rotatable bonds is 2. The van der Waals surface area contributed by atoms with Crippen LogP contribution in [0.5, 0.6) is 0 Å². The summed E-state index contributed by atoms with van der Waals surface area (Å²) in [5, 5.41) is 7.54. The quantitative estimate of drug-likeness (QED) is 0.747. The summed E-state index contributed by atoms with van der Waals surface area (Å²) in [7, 11) is 0. The summed E-state index contributed by atoms with van der Waals surface area (Å²) in [4.78, 5) is 34.4. The fourth-order valence-electron chi connectivity index (χ4n) is 3.45. The molecule has 1 fully saturated rings. The van der Waals surface area contributed by atoms with Gasteiger partial charge in [0.25, 0.3) is 11.5 Å². The molecule has 1 saturated heterocycles. The first-order valence-corrected chi connectivity index (χ1v) is 8.41. The Kier molecular flexibility index (Phi) is 3.83. The maximum absolute atomic E-state index is 13.0. The largest absolute Gasteiger partial charge is 0.346 e. The molecule has 1 aromatic carbocycles. The van der Waals surface area contributed by atoms with Gasteiger partial charge < -0.3 is 9.88 Å². The highest BCUT2D eigenvalue weighted by molar-refractivity contribution is 6.04. The van der Waals surface area contributed by atoms with E-state index in [1.807, 2.05) is 19.2 Å². The summed E-state index contributed by atoms with van der Waals surface area (Å²) in [6, 6.07) is 7.06. The Balaban J connectivity index is 1.65. The number of nitrogens with zero attached hydrogens (tertiary/aromatic N) is 3. The number of carbonyl (C=O) groups excluding carboxylic acids is 1. The second-order valence-electron chi connectivity index (χ2n) is 6.49. The highest BCUT2D eigenvalue weighted by Crippen LogP contribution is 2.26. The number of imidazole rings is 1. The summed E-state index contributed by atoms with van der Waals surface area (Å²) in [6.07, 6.45) is 3.72. The van der Waals surface area contributed by atoms with Gasteiger partial charge in [0, 0.05) is 36.3 Å². The lowest BCUT2D eigenvalue weighted by molar-refractivity contribution is 0.0700. The third-order valence-corrected chi connectivity index (χ3v) is 4.72. The first-order chi connectivity index (χ1) is 12.1. The van der Waals surface area contributed by atoms with E-state index in [1.165, 1.54) is 0 Å². The highest BCUT2D eigenvalue weighted by Gasteiger charge is 2.28. The number of piperidine rings is 1. The van der Waals surface area contributed by atoms with Gasteiger partial charge in [0.1, 0.15) is 5.82 Å². The molecule has 1 aliphatic rings. The van der Waals surface area contributed by atoms with Gasteiger partial charge in [-0.3, -0.25) is 9.59 Å². The third-order valence-electron chi connectivity index (χ3n) is 4.72. The second-order valence-corrected chi connectivity index (χ2v) is 6.49. The second kappa shape index (κ2) is 6.16. The summed E-state index contributed by atoms with van der Waals surface area (Å²) >= 11 is 0. The van der Waals surface area contributed by atoms with Gasteiger partial charge in [-0.2, -0.15) is 5.10 Å². The molecule has 0 bridgehead atoms. The highest BCUT2D eigenvalue weighted by atomic mass is 16.2. The van der Waals surface area contributed by atoms with Crippen molar-refractivity contribution >= 4 is 16.7 Å². The minimum atomic E-state index is -0.283. The van der Waals surface area contributed by atoms with Crippen LogP contribution in [-0.4, -0.2) is 44.1 Å². The van der Waals surface area contributed by atoms with Crippen molar-refractivity contribution in [2.24, 2.45) is 0 Å². The van der Waals surface area contributed by atoms with Crippen LogP contribution in [0.1, 0.15) is 40.8 Å². The molecule has 3 aromatic rings. The van der Waals surface area contributed by atoms with E-state index >= 15 is 0 Å². The van der Waals surface area contributed by atoms with Crippen LogP contribution in [0.4, 0.5) is 0 Å². The smallest absolute Gasteiger partial charge is 0.274 e. The number of hydrogen-bond acceptors (Lipinski definition) is 4. The molecule has 1 atom stereocenters. The maximum atomic E-state index is 13.0. The predicted molar refractivity (Wildman–Crippen MR) is 93.6 cm³/mol. The molecular weight excluding hydrogens is 318 g/mol. The topological polar surface area (TPSA) is 94.7 Å². The zero-order valence-electron chi connectivity index (χ0n) is 14.0. The number of hydrogen-bond donors (Lipinski definition) is 2. The van der Waals surface area contributed by atoms with E-state index in [0.29, 0.717) is 29.6 Å². The summed E-state index contributed by atoms with van der Waals surface area (Å²) in [5.74, 6) is 0.968. The molecule has 4 rings (SSSR count). The van der Waals surface area contributed by atoms with Gasteiger partial charge in [-0.1, -0.05) is 18.2 Å². The van der Waals surface area contributed by atoms with Crippen molar-refractivity contribution in [1.29, 1.82) is 0 Å². The van der Waals surface area contributed by atoms with Crippen molar-refractivity contribution < 1.29 is 4.79 Å². The number of amides is 1. The van der Waals surface area contributed by atoms with Crippen molar-refractivity contribution in [2.75, 3.05) is 13.1 Å². The summed E-state index contributed by atoms with van der Waals surface area (Å²) in [6.45, 7) is 3.25. The van der Waals surface area contributed by atoms with Crippen LogP contribution < -0.4 is 5.56 Å². The average Bonchev–Trinajstić information content (AvgIpc) is 3.08. The van der Waals surface area contributed by atoms with E-state index in [1.54, 1.807) is 23.1 Å². The molecule has 2 N–H and O–H groups in total. The fraction of sp³-hybridized carbons (Fsp3) is 0.333. The van der Waals surface area contributed by atoms with E-state index in [-0.39, 0.29) is 17.4 Å². The van der Waals surface area contributed by atoms with Gasteiger partial charge in [-0.05, 0) is 25.8 Å². The molecular formula is C18H19N5O2. The number of nitrogens with one attached hydrogen (secondary N) is 2. The molecule has 7 heteroatoms. The van der Waals surface area contributed by atoms with Crippen LogP contribution in [-0.2, 0) is 0 Å². The van der Waals surface area contributed by atoms with Gasteiger partial charge in [0.2, 0.25) is 0 Å². The molecule has 1 aliphatic heterocycles. The van der Waals surface area contributed by atoms with Crippen molar-refractivity contribution in [3.8, 4) is 0 Å². The first kappa shape index (κ1) is 15.6. The normalized spacial score (nSPS) is 17.8. The first-order valence-electron chi connectivity index (χ1n) is 8.41. The molecule has 2 aromatic heterocycles. The molecule has 0 radical (unpaired) electrons. The zero-order chi connectivity index (χ0) is 17.4. The number of likely N-dealkylation sites (tertiary alicyclic amines) is 1. The predicted octanol–water partition coefficient (Wildman–Crippen LogP) is 1.97. The summed E-state index contributed by atoms with van der Waals surface area (Å²) < 4.78 is 0. The minimum Gasteiger partial charge on any atom is -0.346 e. The van der Waals surface area contributed by atoms with Gasteiger partial charge >= 0.3 is 0 Å². The Labute approximate surface area is 144 Å². The van der Waals surface area contributed by atoms with E-state index in [2.05, 4.69) is 20.2 Å². The van der Waals surface area contributed by atoms with E-state index in [4.69, 9.17) is 0 Å². The summed E-state index contributed by atoms with van der Waals surface area (Å²) in [5.41, 5.74) is 1.04. The van der Waals surface area contributed by atoms with Crippen LogP contribution in [0.15, 0.2) is 35.3 Å². The molecule has 0 spiro atoms. The number of aryl methyl sites for hydroxylation is 1. The molecule has 3 heterocycles. The Bertz CT molecular complexity index is 990. The van der Waals surface area contributed by atoms with Crippen molar-refractivity contribution in [3.63, 3.8) is 0 Å². The van der Waals surface area contributed by atoms with Crippen LogP contribution in [0, 0.1) is 6.92 Å². The van der Waals surface area contributed by atoms with Gasteiger partial charge in [-0.15, -0.1) is 0 Å². The molecule has 128 valence electrons. The molecule has 1 amide bonds. The number of fused-ring (bicyclic) bond motifs is 1. The van der Waals surface area contributed by atoms with Crippen LogP contribution in [0.25, 0.3) is 10.8 Å². The SMILES string of the molecule is Cc1cnc([C@@H]2CCCN(C(=O)c3n[nH]c(=O)c4ccccc34)C2)[nH]1. The zero-order valence-corrected chi connectivity index (χ0v) is 14.0. The molecule has 25 heavy (non-hydrogen) atoms. The maximum Gasteiger partial charge on any atom is 0.274 e. The third kappa shape index (κ3) is 2.82. The monoisotopic (exact) mass is 337 g/mol. The Hall–Kier alpha value is -2.96. The van der Waals surface area contributed by atoms with E-state index in [9.17, 15) is 9.59 Å². The molecule has 0 saturated carbocycles. The van der Waals surface area contributed by atoms with E-state index in [0.717, 1.165) is 24.4 Å². The van der Waals surface area contributed by atoms with Gasteiger partial charge in [-0.25, -0.2) is 10.1 Å². The van der Waals surface area contributed by atoms with Crippen LogP contribution in [0.2, 0.25) is 0 Å². The average molecular weight is 337 g/mol. The number of H-pyrrole nitrogens is 2. The number of aromatic nitrogens is 4.